The Balaban J connectivity index is 1.68. The quantitative estimate of drug-likeness (QED) is 0.857. The van der Waals surface area contributed by atoms with E-state index < -0.39 is 0 Å². The standard InChI is InChI=1S/C20H23ClN2O2/c1-22-12-16-10-11-23(13-16)20(24)18-4-2-3-5-19(18)25-14-15-6-8-17(21)9-7-15/h2-9,16,22H,10-14H2,1H3/t16-/m1/s1. The zero-order chi connectivity index (χ0) is 17.6. The molecule has 1 aliphatic rings. The molecule has 0 unspecified atom stereocenters. The highest BCUT2D eigenvalue weighted by atomic mass is 35.5. The molecule has 2 aromatic carbocycles. The van der Waals surface area contributed by atoms with E-state index >= 15 is 0 Å². The maximum Gasteiger partial charge on any atom is 0.257 e. The number of nitrogens with one attached hydrogen (secondary N) is 1. The third-order valence-electron chi connectivity index (χ3n) is 4.49. The molecule has 3 rings (SSSR count). The van der Waals surface area contributed by atoms with Crippen LogP contribution in [0, 0.1) is 5.92 Å². The molecule has 1 amide bonds. The fourth-order valence-electron chi connectivity index (χ4n) is 3.15. The van der Waals surface area contributed by atoms with Gasteiger partial charge >= 0.3 is 0 Å². The number of hydrogen-bond donors (Lipinski definition) is 1. The van der Waals surface area contributed by atoms with Crippen molar-refractivity contribution in [3.05, 3.63) is 64.7 Å². The molecule has 2 aromatic rings. The Bertz CT molecular complexity index is 718. The van der Waals surface area contributed by atoms with E-state index in [2.05, 4.69) is 5.32 Å². The van der Waals surface area contributed by atoms with Gasteiger partial charge in [-0.1, -0.05) is 35.9 Å². The molecule has 132 valence electrons. The summed E-state index contributed by atoms with van der Waals surface area (Å²) >= 11 is 5.91. The van der Waals surface area contributed by atoms with Gasteiger partial charge in [-0.25, -0.2) is 0 Å². The van der Waals surface area contributed by atoms with Crippen molar-refractivity contribution in [3.63, 3.8) is 0 Å². The summed E-state index contributed by atoms with van der Waals surface area (Å²) in [4.78, 5) is 14.8. The summed E-state index contributed by atoms with van der Waals surface area (Å²) < 4.78 is 5.92. The molecule has 0 aliphatic carbocycles. The van der Waals surface area contributed by atoms with Gasteiger partial charge in [-0.3, -0.25) is 4.79 Å². The number of carbonyl (C=O) groups excluding carboxylic acids is 1. The van der Waals surface area contributed by atoms with Gasteiger partial charge in [0.15, 0.2) is 0 Å². The average molecular weight is 359 g/mol. The van der Waals surface area contributed by atoms with Crippen LogP contribution in [-0.2, 0) is 6.61 Å². The van der Waals surface area contributed by atoms with Gasteiger partial charge in [0.1, 0.15) is 12.4 Å². The first-order valence-electron chi connectivity index (χ1n) is 8.57. The van der Waals surface area contributed by atoms with Gasteiger partial charge in [0, 0.05) is 18.1 Å². The number of benzene rings is 2. The van der Waals surface area contributed by atoms with Crippen LogP contribution in [-0.4, -0.2) is 37.5 Å². The first-order valence-corrected chi connectivity index (χ1v) is 8.95. The summed E-state index contributed by atoms with van der Waals surface area (Å²) in [7, 11) is 1.95. The molecule has 1 N–H and O–H groups in total. The number of ether oxygens (including phenoxy) is 1. The van der Waals surface area contributed by atoms with E-state index in [-0.39, 0.29) is 5.91 Å². The molecule has 5 heteroatoms. The number of carbonyl (C=O) groups is 1. The third kappa shape index (κ3) is 4.53. The Labute approximate surface area is 153 Å². The van der Waals surface area contributed by atoms with E-state index in [0.717, 1.165) is 31.6 Å². The lowest BCUT2D eigenvalue weighted by Crippen LogP contribution is -2.30. The molecule has 1 heterocycles. The van der Waals surface area contributed by atoms with Crippen LogP contribution in [0.2, 0.25) is 5.02 Å². The van der Waals surface area contributed by atoms with E-state index in [9.17, 15) is 4.79 Å². The van der Waals surface area contributed by atoms with Crippen LogP contribution in [0.3, 0.4) is 0 Å². The zero-order valence-electron chi connectivity index (χ0n) is 14.4. The number of nitrogens with zero attached hydrogens (tertiary/aromatic N) is 1. The van der Waals surface area contributed by atoms with E-state index in [1.165, 1.54) is 0 Å². The monoisotopic (exact) mass is 358 g/mol. The van der Waals surface area contributed by atoms with Crippen molar-refractivity contribution in [2.75, 3.05) is 26.7 Å². The van der Waals surface area contributed by atoms with Crippen LogP contribution in [0.4, 0.5) is 0 Å². The molecule has 0 spiro atoms. The van der Waals surface area contributed by atoms with Gasteiger partial charge in [0.05, 0.1) is 5.56 Å². The zero-order valence-corrected chi connectivity index (χ0v) is 15.1. The topological polar surface area (TPSA) is 41.6 Å². The lowest BCUT2D eigenvalue weighted by Gasteiger charge is -2.19. The van der Waals surface area contributed by atoms with Gasteiger partial charge < -0.3 is 15.0 Å². The van der Waals surface area contributed by atoms with Crippen LogP contribution in [0.5, 0.6) is 5.75 Å². The lowest BCUT2D eigenvalue weighted by molar-refractivity contribution is 0.0782. The first kappa shape index (κ1) is 17.8. The van der Waals surface area contributed by atoms with Gasteiger partial charge in [-0.2, -0.15) is 0 Å². The van der Waals surface area contributed by atoms with Crippen LogP contribution >= 0.6 is 11.6 Å². The van der Waals surface area contributed by atoms with Crippen LogP contribution in [0.1, 0.15) is 22.3 Å². The Hall–Kier alpha value is -2.04. The second-order valence-electron chi connectivity index (χ2n) is 6.37. The number of hydrogen-bond acceptors (Lipinski definition) is 3. The van der Waals surface area contributed by atoms with Crippen molar-refractivity contribution in [2.45, 2.75) is 13.0 Å². The number of likely N-dealkylation sites (tertiary alicyclic amines) is 1. The number of para-hydroxylation sites is 1. The summed E-state index contributed by atoms with van der Waals surface area (Å²) in [5, 5.41) is 3.89. The van der Waals surface area contributed by atoms with Crippen molar-refractivity contribution >= 4 is 17.5 Å². The van der Waals surface area contributed by atoms with Crippen LogP contribution < -0.4 is 10.1 Å². The highest BCUT2D eigenvalue weighted by molar-refractivity contribution is 6.30. The predicted molar refractivity (Wildman–Crippen MR) is 100 cm³/mol. The maximum atomic E-state index is 12.9. The van der Waals surface area contributed by atoms with Gasteiger partial charge in [-0.15, -0.1) is 0 Å². The van der Waals surface area contributed by atoms with Crippen LogP contribution in [0.15, 0.2) is 48.5 Å². The predicted octanol–water partition coefficient (Wildman–Crippen LogP) is 3.60. The minimum absolute atomic E-state index is 0.0466. The van der Waals surface area contributed by atoms with Gasteiger partial charge in [0.2, 0.25) is 0 Å². The second-order valence-corrected chi connectivity index (χ2v) is 6.81. The van der Waals surface area contributed by atoms with Crippen molar-refractivity contribution in [3.8, 4) is 5.75 Å². The highest BCUT2D eigenvalue weighted by Gasteiger charge is 2.27. The van der Waals surface area contributed by atoms with Crippen molar-refractivity contribution in [1.82, 2.24) is 10.2 Å². The van der Waals surface area contributed by atoms with Crippen molar-refractivity contribution in [1.29, 1.82) is 0 Å². The fraction of sp³-hybridized carbons (Fsp3) is 0.350. The SMILES string of the molecule is CNC[C@H]1CCN(C(=O)c2ccccc2OCc2ccc(Cl)cc2)C1. The first-order chi connectivity index (χ1) is 12.2. The molecular weight excluding hydrogens is 336 g/mol. The summed E-state index contributed by atoms with van der Waals surface area (Å²) in [5.74, 6) is 1.20. The third-order valence-corrected chi connectivity index (χ3v) is 4.74. The summed E-state index contributed by atoms with van der Waals surface area (Å²) in [5.41, 5.74) is 1.64. The Morgan fingerprint density at radius 2 is 2.00 bits per heavy atom. The second kappa shape index (κ2) is 8.37. The molecule has 25 heavy (non-hydrogen) atoms. The van der Waals surface area contributed by atoms with Crippen molar-refractivity contribution in [2.24, 2.45) is 5.92 Å². The smallest absolute Gasteiger partial charge is 0.257 e. The number of amides is 1. The van der Waals surface area contributed by atoms with E-state index in [1.54, 1.807) is 0 Å². The molecule has 1 fully saturated rings. The van der Waals surface area contributed by atoms with E-state index in [4.69, 9.17) is 16.3 Å². The summed E-state index contributed by atoms with van der Waals surface area (Å²) in [6.45, 7) is 2.95. The molecule has 0 bridgehead atoms. The van der Waals surface area contributed by atoms with Gasteiger partial charge in [0.25, 0.3) is 5.91 Å². The number of halogens is 1. The Morgan fingerprint density at radius 1 is 1.24 bits per heavy atom. The average Bonchev–Trinajstić information content (AvgIpc) is 3.10. The Kier molecular flexibility index (Phi) is 5.95. The highest BCUT2D eigenvalue weighted by Crippen LogP contribution is 2.25. The van der Waals surface area contributed by atoms with E-state index in [0.29, 0.717) is 28.9 Å². The minimum Gasteiger partial charge on any atom is -0.488 e. The molecule has 1 atom stereocenters. The normalized spacial score (nSPS) is 16.9. The largest absolute Gasteiger partial charge is 0.488 e. The molecule has 0 aromatic heterocycles. The molecule has 4 nitrogen and oxygen atoms in total. The maximum absolute atomic E-state index is 12.9. The molecule has 0 radical (unpaired) electrons. The molecule has 1 saturated heterocycles. The minimum atomic E-state index is 0.0466. The number of rotatable bonds is 6. The lowest BCUT2D eigenvalue weighted by atomic mass is 10.1. The molecule has 1 aliphatic heterocycles. The summed E-state index contributed by atoms with van der Waals surface area (Å²) in [6.07, 6.45) is 1.04. The summed E-state index contributed by atoms with van der Waals surface area (Å²) in [6, 6.07) is 15.0. The fourth-order valence-corrected chi connectivity index (χ4v) is 3.28. The van der Waals surface area contributed by atoms with Crippen LogP contribution in [0.25, 0.3) is 0 Å². The van der Waals surface area contributed by atoms with Gasteiger partial charge in [-0.05, 0) is 55.8 Å². The van der Waals surface area contributed by atoms with Crippen molar-refractivity contribution < 1.29 is 9.53 Å². The van der Waals surface area contributed by atoms with E-state index in [1.807, 2.05) is 60.5 Å². The Morgan fingerprint density at radius 3 is 2.76 bits per heavy atom. The molecule has 0 saturated carbocycles. The molecular formula is C20H23ClN2O2.